The van der Waals surface area contributed by atoms with Crippen LogP contribution in [0.15, 0.2) is 36.8 Å². The Balaban J connectivity index is 0.000000202. The van der Waals surface area contributed by atoms with E-state index < -0.39 is 0 Å². The molecule has 6 rings (SSSR count). The maximum absolute atomic E-state index is 11.1. The van der Waals surface area contributed by atoms with Crippen molar-refractivity contribution in [2.24, 2.45) is 5.92 Å². The number of imidazole rings is 1. The number of nitrogens with one attached hydrogen (secondary N) is 4. The Morgan fingerprint density at radius 3 is 2.43 bits per heavy atom. The zero-order valence-corrected chi connectivity index (χ0v) is 27.3. The first-order chi connectivity index (χ1) is 21.5. The molecule has 0 saturated carbocycles. The van der Waals surface area contributed by atoms with Crippen molar-refractivity contribution in [3.8, 4) is 0 Å². The van der Waals surface area contributed by atoms with E-state index in [-0.39, 0.29) is 0 Å². The summed E-state index contributed by atoms with van der Waals surface area (Å²) in [5.41, 5.74) is 4.40. The number of amidine groups is 1. The zero-order valence-electron chi connectivity index (χ0n) is 27.3. The van der Waals surface area contributed by atoms with Crippen molar-refractivity contribution >= 4 is 29.3 Å². The summed E-state index contributed by atoms with van der Waals surface area (Å²) in [5.74, 6) is 2.11. The summed E-state index contributed by atoms with van der Waals surface area (Å²) in [6.07, 6.45) is 11.5. The number of hydrogen-bond acceptors (Lipinski definition) is 9. The van der Waals surface area contributed by atoms with Gasteiger partial charge in [-0.05, 0) is 63.4 Å². The standard InChI is InChI=1S/C19H29N5O.C12H17N5.C2H6/c1-21-18-3-2-16(14-25)12-17(18)19(20)24-8-4-15(5-9-24)13-23-10-6-22-7-11-23;1-13-11-8-17-7-9(15-12(17)6-14-11)10-4-3-5-16(10)2;1-2/h2-3,12,14-15,20-22H,4-11,13H2,1H3;6-8,10,13H,3-5H2,1-2H3;1-2H3. The first-order valence-electron chi connectivity index (χ1n) is 16.3. The van der Waals surface area contributed by atoms with Gasteiger partial charge >= 0.3 is 0 Å². The molecule has 3 aliphatic heterocycles. The third kappa shape index (κ3) is 8.34. The molecule has 240 valence electrons. The van der Waals surface area contributed by atoms with Crippen molar-refractivity contribution < 1.29 is 4.79 Å². The second kappa shape index (κ2) is 16.5. The Labute approximate surface area is 262 Å². The largest absolute Gasteiger partial charge is 0.388 e. The predicted octanol–water partition coefficient (Wildman–Crippen LogP) is 4.05. The number of likely N-dealkylation sites (tertiary alicyclic amines) is 2. The lowest BCUT2D eigenvalue weighted by Gasteiger charge is -2.37. The number of rotatable bonds is 7. The minimum atomic E-state index is 0.466. The molecule has 2 aromatic heterocycles. The fourth-order valence-electron chi connectivity index (χ4n) is 6.31. The Morgan fingerprint density at radius 2 is 1.80 bits per heavy atom. The summed E-state index contributed by atoms with van der Waals surface area (Å²) < 4.78 is 2.04. The van der Waals surface area contributed by atoms with Crippen LogP contribution in [0, 0.1) is 11.3 Å². The van der Waals surface area contributed by atoms with Gasteiger partial charge in [-0.15, -0.1) is 0 Å². The van der Waals surface area contributed by atoms with Gasteiger partial charge in [-0.25, -0.2) is 9.97 Å². The van der Waals surface area contributed by atoms with Gasteiger partial charge in [0.25, 0.3) is 0 Å². The van der Waals surface area contributed by atoms with Gasteiger partial charge in [-0.2, -0.15) is 0 Å². The first kappa shape index (κ1) is 33.4. The maximum atomic E-state index is 11.1. The van der Waals surface area contributed by atoms with E-state index in [4.69, 9.17) is 5.41 Å². The van der Waals surface area contributed by atoms with Crippen LogP contribution in [0.4, 0.5) is 11.5 Å². The van der Waals surface area contributed by atoms with Crippen LogP contribution in [0.25, 0.3) is 5.65 Å². The van der Waals surface area contributed by atoms with E-state index in [1.165, 1.54) is 25.9 Å². The number of nitrogens with zero attached hydrogens (tertiary/aromatic N) is 6. The van der Waals surface area contributed by atoms with Gasteiger partial charge < -0.3 is 30.2 Å². The van der Waals surface area contributed by atoms with Gasteiger partial charge in [0.2, 0.25) is 0 Å². The van der Waals surface area contributed by atoms with E-state index >= 15 is 0 Å². The second-order valence-corrected chi connectivity index (χ2v) is 11.6. The van der Waals surface area contributed by atoms with Crippen LogP contribution in [0.3, 0.4) is 0 Å². The third-order valence-electron chi connectivity index (χ3n) is 8.84. The molecule has 0 aliphatic carbocycles. The number of anilines is 2. The van der Waals surface area contributed by atoms with E-state index in [0.717, 1.165) is 92.7 Å². The quantitative estimate of drug-likeness (QED) is 0.180. The number of aldehydes is 1. The smallest absolute Gasteiger partial charge is 0.155 e. The molecule has 3 fully saturated rings. The van der Waals surface area contributed by atoms with Crippen molar-refractivity contribution in [1.82, 2.24) is 34.4 Å². The van der Waals surface area contributed by atoms with Gasteiger partial charge in [-0.1, -0.05) is 13.8 Å². The minimum absolute atomic E-state index is 0.466. The van der Waals surface area contributed by atoms with Crippen LogP contribution >= 0.6 is 0 Å². The minimum Gasteiger partial charge on any atom is -0.388 e. The molecule has 4 N–H and O–H groups in total. The SMILES string of the molecule is CC.CNc1ccc(C=O)cc1C(=N)N1CCC(CN2CCNCC2)CC1.CNc1cn2cc(C3CCCN3C)nc2cn1. The summed E-state index contributed by atoms with van der Waals surface area (Å²) in [6, 6.07) is 5.95. The highest BCUT2D eigenvalue weighted by atomic mass is 16.1. The average molecular weight is 605 g/mol. The number of piperidine rings is 1. The number of fused-ring (bicyclic) bond motifs is 1. The van der Waals surface area contributed by atoms with E-state index in [0.29, 0.717) is 17.4 Å². The van der Waals surface area contributed by atoms with Crippen LogP contribution in [0.5, 0.6) is 0 Å². The molecule has 1 aromatic carbocycles. The highest BCUT2D eigenvalue weighted by Gasteiger charge is 2.26. The number of piperazine rings is 1. The van der Waals surface area contributed by atoms with Crippen LogP contribution in [0.2, 0.25) is 0 Å². The van der Waals surface area contributed by atoms with Gasteiger partial charge in [0.1, 0.15) is 17.9 Å². The average Bonchev–Trinajstić information content (AvgIpc) is 3.71. The van der Waals surface area contributed by atoms with Crippen molar-refractivity contribution in [2.75, 3.05) is 84.1 Å². The molecular weight excluding hydrogens is 552 g/mol. The van der Waals surface area contributed by atoms with E-state index in [9.17, 15) is 4.79 Å². The summed E-state index contributed by atoms with van der Waals surface area (Å²) in [7, 11) is 5.89. The molecule has 3 aromatic rings. The summed E-state index contributed by atoms with van der Waals surface area (Å²) >= 11 is 0. The van der Waals surface area contributed by atoms with E-state index in [1.54, 1.807) is 6.07 Å². The van der Waals surface area contributed by atoms with E-state index in [2.05, 4.69) is 53.9 Å². The molecule has 11 nitrogen and oxygen atoms in total. The summed E-state index contributed by atoms with van der Waals surface area (Å²) in [4.78, 5) is 27.1. The van der Waals surface area contributed by atoms with E-state index in [1.807, 2.05) is 56.9 Å². The Bertz CT molecular complexity index is 1340. The first-order valence-corrected chi connectivity index (χ1v) is 16.3. The zero-order chi connectivity index (χ0) is 31.5. The van der Waals surface area contributed by atoms with Gasteiger partial charge in [0.15, 0.2) is 5.65 Å². The van der Waals surface area contributed by atoms with Crippen molar-refractivity contribution in [2.45, 2.75) is 45.6 Å². The molecule has 5 heterocycles. The second-order valence-electron chi connectivity index (χ2n) is 11.6. The monoisotopic (exact) mass is 604 g/mol. The molecule has 0 bridgehead atoms. The van der Waals surface area contributed by atoms with Crippen LogP contribution in [-0.4, -0.2) is 115 Å². The molecule has 1 atom stereocenters. The topological polar surface area (TPSA) is 117 Å². The fourth-order valence-corrected chi connectivity index (χ4v) is 6.31. The molecule has 0 amide bonds. The number of carbonyl (C=O) groups is 1. The van der Waals surface area contributed by atoms with Crippen LogP contribution in [0.1, 0.15) is 67.2 Å². The van der Waals surface area contributed by atoms with Gasteiger partial charge in [-0.3, -0.25) is 15.1 Å². The lowest BCUT2D eigenvalue weighted by molar-refractivity contribution is 0.112. The lowest BCUT2D eigenvalue weighted by Crippen LogP contribution is -2.47. The fraction of sp³-hybridized carbons (Fsp3) is 0.576. The lowest BCUT2D eigenvalue weighted by atomic mass is 9.95. The number of aromatic nitrogens is 3. The number of carbonyl (C=O) groups excluding carboxylic acids is 1. The molecular formula is C33H52N10O. The maximum Gasteiger partial charge on any atom is 0.155 e. The Hall–Kier alpha value is -3.54. The molecule has 11 heteroatoms. The highest BCUT2D eigenvalue weighted by Crippen LogP contribution is 2.30. The van der Waals surface area contributed by atoms with Crippen molar-refractivity contribution in [3.05, 3.63) is 53.6 Å². The van der Waals surface area contributed by atoms with Gasteiger partial charge in [0.05, 0.1) is 24.1 Å². The van der Waals surface area contributed by atoms with Crippen molar-refractivity contribution in [3.63, 3.8) is 0 Å². The van der Waals surface area contributed by atoms with Crippen molar-refractivity contribution in [1.29, 1.82) is 5.41 Å². The van der Waals surface area contributed by atoms with Crippen LogP contribution < -0.4 is 16.0 Å². The third-order valence-corrected chi connectivity index (χ3v) is 8.84. The molecule has 0 spiro atoms. The molecule has 3 aliphatic rings. The summed E-state index contributed by atoms with van der Waals surface area (Å²) in [5, 5.41) is 18.2. The molecule has 44 heavy (non-hydrogen) atoms. The summed E-state index contributed by atoms with van der Waals surface area (Å²) in [6.45, 7) is 12.7. The normalized spacial score (nSPS) is 19.5. The highest BCUT2D eigenvalue weighted by molar-refractivity contribution is 6.02. The Kier molecular flexibility index (Phi) is 12.5. The van der Waals surface area contributed by atoms with Crippen LogP contribution in [-0.2, 0) is 0 Å². The number of benzene rings is 1. The molecule has 0 radical (unpaired) electrons. The van der Waals surface area contributed by atoms with Gasteiger partial charge in [0, 0.05) is 82.9 Å². The number of hydrogen-bond donors (Lipinski definition) is 4. The predicted molar refractivity (Wildman–Crippen MR) is 180 cm³/mol. The molecule has 3 saturated heterocycles. The Morgan fingerprint density at radius 1 is 1.05 bits per heavy atom. The molecule has 1 unspecified atom stereocenters.